The molecule has 0 bridgehead atoms. The fourth-order valence-electron chi connectivity index (χ4n) is 3.46. The molecule has 1 fully saturated rings. The van der Waals surface area contributed by atoms with Crippen molar-refractivity contribution < 1.29 is 14.3 Å². The van der Waals surface area contributed by atoms with Crippen LogP contribution in [-0.4, -0.2) is 25.7 Å². The number of nitrogens with one attached hydrogen (secondary N) is 1. The van der Waals surface area contributed by atoms with Crippen molar-refractivity contribution in [2.75, 3.05) is 25.1 Å². The summed E-state index contributed by atoms with van der Waals surface area (Å²) in [5.74, 6) is 1.33. The second-order valence-corrected chi connectivity index (χ2v) is 6.32. The number of fused-ring (bicyclic) bond motifs is 1. The van der Waals surface area contributed by atoms with Gasteiger partial charge >= 0.3 is 0 Å². The summed E-state index contributed by atoms with van der Waals surface area (Å²) in [6, 6.07) is 5.57. The van der Waals surface area contributed by atoms with E-state index in [1.54, 1.807) is 0 Å². The van der Waals surface area contributed by atoms with E-state index in [1.165, 1.54) is 19.3 Å². The minimum absolute atomic E-state index is 0.00919. The van der Waals surface area contributed by atoms with Gasteiger partial charge < -0.3 is 20.5 Å². The minimum atomic E-state index is -0.0332. The van der Waals surface area contributed by atoms with Gasteiger partial charge in [-0.2, -0.15) is 0 Å². The maximum absolute atomic E-state index is 12.5. The van der Waals surface area contributed by atoms with Crippen molar-refractivity contribution in [3.05, 3.63) is 18.2 Å². The SMILES string of the molecule is NCC1(CC(=O)Nc2cccc3c2OCCO3)CCCCC1. The van der Waals surface area contributed by atoms with E-state index >= 15 is 0 Å². The van der Waals surface area contributed by atoms with Gasteiger partial charge in [0.1, 0.15) is 13.2 Å². The van der Waals surface area contributed by atoms with E-state index in [2.05, 4.69) is 5.32 Å². The summed E-state index contributed by atoms with van der Waals surface area (Å²) >= 11 is 0. The number of hydrogen-bond acceptors (Lipinski definition) is 4. The molecule has 5 nitrogen and oxygen atoms in total. The zero-order valence-electron chi connectivity index (χ0n) is 12.9. The predicted molar refractivity (Wildman–Crippen MR) is 85.3 cm³/mol. The van der Waals surface area contributed by atoms with Crippen LogP contribution in [0.15, 0.2) is 18.2 Å². The fraction of sp³-hybridized carbons (Fsp3) is 0.588. The molecular formula is C17H24N2O3. The lowest BCUT2D eigenvalue weighted by Crippen LogP contribution is -2.36. The average Bonchev–Trinajstić information content (AvgIpc) is 2.56. The van der Waals surface area contributed by atoms with Crippen LogP contribution in [0.1, 0.15) is 38.5 Å². The summed E-state index contributed by atoms with van der Waals surface area (Å²) in [5.41, 5.74) is 6.62. The number of benzene rings is 1. The monoisotopic (exact) mass is 304 g/mol. The largest absolute Gasteiger partial charge is 0.486 e. The molecule has 0 aromatic heterocycles. The zero-order valence-corrected chi connectivity index (χ0v) is 12.9. The first-order chi connectivity index (χ1) is 10.7. The number of para-hydroxylation sites is 1. The molecule has 1 amide bonds. The quantitative estimate of drug-likeness (QED) is 0.897. The number of carbonyl (C=O) groups excluding carboxylic acids is 1. The van der Waals surface area contributed by atoms with E-state index in [0.717, 1.165) is 12.8 Å². The third-order valence-corrected chi connectivity index (χ3v) is 4.72. The Morgan fingerprint density at radius 3 is 2.73 bits per heavy atom. The highest BCUT2D eigenvalue weighted by Gasteiger charge is 2.33. The normalized spacial score (nSPS) is 19.5. The highest BCUT2D eigenvalue weighted by Crippen LogP contribution is 2.40. The molecule has 1 saturated carbocycles. The third kappa shape index (κ3) is 3.19. The molecule has 0 spiro atoms. The molecule has 1 aromatic carbocycles. The van der Waals surface area contributed by atoms with Crippen LogP contribution in [0, 0.1) is 5.41 Å². The van der Waals surface area contributed by atoms with Gasteiger partial charge in [0.25, 0.3) is 0 Å². The Morgan fingerprint density at radius 2 is 1.95 bits per heavy atom. The molecule has 1 aliphatic carbocycles. The standard InChI is InChI=1S/C17H24N2O3/c18-12-17(7-2-1-3-8-17)11-15(20)19-13-5-4-6-14-16(13)22-10-9-21-14/h4-6H,1-3,7-12,18H2,(H,19,20). The van der Waals surface area contributed by atoms with E-state index in [9.17, 15) is 4.79 Å². The minimum Gasteiger partial charge on any atom is -0.486 e. The van der Waals surface area contributed by atoms with Crippen LogP contribution in [-0.2, 0) is 4.79 Å². The number of ether oxygens (including phenoxy) is 2. The molecule has 120 valence electrons. The van der Waals surface area contributed by atoms with Crippen LogP contribution >= 0.6 is 0 Å². The maximum atomic E-state index is 12.5. The molecule has 3 rings (SSSR count). The Bertz CT molecular complexity index is 539. The summed E-state index contributed by atoms with van der Waals surface area (Å²) in [4.78, 5) is 12.5. The average molecular weight is 304 g/mol. The summed E-state index contributed by atoms with van der Waals surface area (Å²) in [6.45, 7) is 1.63. The van der Waals surface area contributed by atoms with Gasteiger partial charge in [-0.3, -0.25) is 4.79 Å². The lowest BCUT2D eigenvalue weighted by Gasteiger charge is -2.35. The highest BCUT2D eigenvalue weighted by molar-refractivity contribution is 5.93. The zero-order chi connectivity index (χ0) is 15.4. The summed E-state index contributed by atoms with van der Waals surface area (Å²) in [7, 11) is 0. The molecule has 0 unspecified atom stereocenters. The Kier molecular flexibility index (Phi) is 4.52. The van der Waals surface area contributed by atoms with Gasteiger partial charge in [-0.05, 0) is 36.9 Å². The summed E-state index contributed by atoms with van der Waals surface area (Å²) in [5, 5.41) is 2.98. The fourth-order valence-corrected chi connectivity index (χ4v) is 3.46. The Hall–Kier alpha value is -1.75. The first kappa shape index (κ1) is 15.2. The second kappa shape index (κ2) is 6.57. The van der Waals surface area contributed by atoms with Gasteiger partial charge in [0, 0.05) is 6.42 Å². The third-order valence-electron chi connectivity index (χ3n) is 4.72. The molecule has 1 heterocycles. The van der Waals surface area contributed by atoms with E-state index in [0.29, 0.717) is 43.4 Å². The molecule has 0 atom stereocenters. The maximum Gasteiger partial charge on any atom is 0.225 e. The van der Waals surface area contributed by atoms with Crippen LogP contribution in [0.2, 0.25) is 0 Å². The van der Waals surface area contributed by atoms with E-state index in [-0.39, 0.29) is 11.3 Å². The van der Waals surface area contributed by atoms with Crippen LogP contribution < -0.4 is 20.5 Å². The van der Waals surface area contributed by atoms with Crippen molar-refractivity contribution in [2.45, 2.75) is 38.5 Å². The number of nitrogens with two attached hydrogens (primary N) is 1. The van der Waals surface area contributed by atoms with Gasteiger partial charge in [0.2, 0.25) is 5.91 Å². The van der Waals surface area contributed by atoms with E-state index in [4.69, 9.17) is 15.2 Å². The number of hydrogen-bond donors (Lipinski definition) is 2. The van der Waals surface area contributed by atoms with E-state index < -0.39 is 0 Å². The van der Waals surface area contributed by atoms with Crippen LogP contribution in [0.4, 0.5) is 5.69 Å². The van der Waals surface area contributed by atoms with Crippen molar-refractivity contribution in [1.82, 2.24) is 0 Å². The van der Waals surface area contributed by atoms with Gasteiger partial charge in [0.15, 0.2) is 11.5 Å². The van der Waals surface area contributed by atoms with E-state index in [1.807, 2.05) is 18.2 Å². The number of rotatable bonds is 4. The predicted octanol–water partition coefficient (Wildman–Crippen LogP) is 2.70. The van der Waals surface area contributed by atoms with Gasteiger partial charge in [0.05, 0.1) is 5.69 Å². The van der Waals surface area contributed by atoms with Crippen molar-refractivity contribution >= 4 is 11.6 Å². The number of carbonyl (C=O) groups is 1. The molecule has 0 radical (unpaired) electrons. The Morgan fingerprint density at radius 1 is 1.18 bits per heavy atom. The second-order valence-electron chi connectivity index (χ2n) is 6.32. The van der Waals surface area contributed by atoms with Crippen molar-refractivity contribution in [2.24, 2.45) is 11.1 Å². The van der Waals surface area contributed by atoms with Crippen LogP contribution in [0.25, 0.3) is 0 Å². The highest BCUT2D eigenvalue weighted by atomic mass is 16.6. The molecule has 1 aromatic rings. The van der Waals surface area contributed by atoms with Crippen molar-refractivity contribution in [3.63, 3.8) is 0 Å². The van der Waals surface area contributed by atoms with Crippen molar-refractivity contribution in [3.8, 4) is 11.5 Å². The summed E-state index contributed by atoms with van der Waals surface area (Å²) < 4.78 is 11.2. The lowest BCUT2D eigenvalue weighted by molar-refractivity contribution is -0.118. The molecule has 5 heteroatoms. The topological polar surface area (TPSA) is 73.6 Å². The Labute approximate surface area is 131 Å². The first-order valence-electron chi connectivity index (χ1n) is 8.11. The lowest BCUT2D eigenvalue weighted by atomic mass is 9.71. The molecule has 1 aliphatic heterocycles. The van der Waals surface area contributed by atoms with Crippen LogP contribution in [0.3, 0.4) is 0 Å². The molecular weight excluding hydrogens is 280 g/mol. The first-order valence-corrected chi connectivity index (χ1v) is 8.11. The summed E-state index contributed by atoms with van der Waals surface area (Å²) in [6.07, 6.45) is 6.16. The number of anilines is 1. The molecule has 0 saturated heterocycles. The Balaban J connectivity index is 1.69. The van der Waals surface area contributed by atoms with Gasteiger partial charge in [-0.1, -0.05) is 25.3 Å². The number of amides is 1. The smallest absolute Gasteiger partial charge is 0.225 e. The molecule has 22 heavy (non-hydrogen) atoms. The van der Waals surface area contributed by atoms with Gasteiger partial charge in [-0.25, -0.2) is 0 Å². The molecule has 2 aliphatic rings. The van der Waals surface area contributed by atoms with Gasteiger partial charge in [-0.15, -0.1) is 0 Å². The van der Waals surface area contributed by atoms with Crippen LogP contribution in [0.5, 0.6) is 11.5 Å². The molecule has 3 N–H and O–H groups in total. The van der Waals surface area contributed by atoms with Crippen molar-refractivity contribution in [1.29, 1.82) is 0 Å².